The number of nitriles is 1. The van der Waals surface area contributed by atoms with E-state index in [1.54, 1.807) is 11.3 Å². The van der Waals surface area contributed by atoms with Crippen molar-refractivity contribution in [2.45, 2.75) is 13.0 Å². The smallest absolute Gasteiger partial charge is 0.234 e. The second-order valence-corrected chi connectivity index (χ2v) is 5.51. The second-order valence-electron chi connectivity index (χ2n) is 4.79. The van der Waals surface area contributed by atoms with Gasteiger partial charge < -0.3 is 5.32 Å². The van der Waals surface area contributed by atoms with Crippen LogP contribution < -0.4 is 5.32 Å². The van der Waals surface area contributed by atoms with E-state index in [0.717, 1.165) is 38.4 Å². The minimum Gasteiger partial charge on any atom is -0.354 e. The van der Waals surface area contributed by atoms with Gasteiger partial charge >= 0.3 is 0 Å². The Kier molecular flexibility index (Phi) is 5.92. The van der Waals surface area contributed by atoms with E-state index in [1.807, 2.05) is 11.6 Å². The fourth-order valence-corrected chi connectivity index (χ4v) is 2.72. The van der Waals surface area contributed by atoms with E-state index in [2.05, 4.69) is 25.5 Å². The van der Waals surface area contributed by atoms with Gasteiger partial charge in [-0.05, 0) is 0 Å². The lowest BCUT2D eigenvalue weighted by Crippen LogP contribution is -2.49. The van der Waals surface area contributed by atoms with Gasteiger partial charge in [-0.3, -0.25) is 14.6 Å². The third-order valence-electron chi connectivity index (χ3n) is 3.26. The van der Waals surface area contributed by atoms with E-state index >= 15 is 0 Å². The van der Waals surface area contributed by atoms with Gasteiger partial charge in [-0.1, -0.05) is 0 Å². The Morgan fingerprint density at radius 2 is 2.15 bits per heavy atom. The van der Waals surface area contributed by atoms with Crippen molar-refractivity contribution in [2.24, 2.45) is 0 Å². The van der Waals surface area contributed by atoms with Crippen LogP contribution in [0.25, 0.3) is 0 Å². The van der Waals surface area contributed by atoms with Gasteiger partial charge in [0.05, 0.1) is 30.2 Å². The first kappa shape index (κ1) is 14.9. The summed E-state index contributed by atoms with van der Waals surface area (Å²) in [5, 5.41) is 13.2. The van der Waals surface area contributed by atoms with Gasteiger partial charge in [0, 0.05) is 44.6 Å². The predicted molar refractivity (Wildman–Crippen MR) is 77.1 cm³/mol. The maximum atomic E-state index is 11.6. The van der Waals surface area contributed by atoms with Gasteiger partial charge in [-0.2, -0.15) is 5.26 Å². The molecule has 0 aromatic carbocycles. The summed E-state index contributed by atoms with van der Waals surface area (Å²) in [4.78, 5) is 20.4. The molecule has 0 atom stereocenters. The van der Waals surface area contributed by atoms with Crippen molar-refractivity contribution in [1.29, 1.82) is 5.26 Å². The molecule has 1 N–H and O–H groups in total. The molecule has 7 heteroatoms. The Hall–Kier alpha value is -1.49. The first-order chi connectivity index (χ1) is 9.78. The fraction of sp³-hybridized carbons (Fsp3) is 0.615. The van der Waals surface area contributed by atoms with Crippen LogP contribution in [0.5, 0.6) is 0 Å². The van der Waals surface area contributed by atoms with Crippen LogP contribution >= 0.6 is 11.3 Å². The quantitative estimate of drug-likeness (QED) is 0.763. The molecule has 1 aliphatic rings. The SMILES string of the molecule is N#CCCNC(=O)CN1CCN(Cc2cscn2)CC1. The molecule has 20 heavy (non-hydrogen) atoms. The number of rotatable bonds is 6. The van der Waals surface area contributed by atoms with Gasteiger partial charge in [0.15, 0.2) is 0 Å². The normalized spacial score (nSPS) is 16.8. The number of carbonyl (C=O) groups excluding carboxylic acids is 1. The zero-order valence-electron chi connectivity index (χ0n) is 11.4. The summed E-state index contributed by atoms with van der Waals surface area (Å²) in [6.45, 7) is 5.48. The Balaban J connectivity index is 1.64. The fourth-order valence-electron chi connectivity index (χ4n) is 2.17. The standard InChI is InChI=1S/C13H19N5OS/c14-2-1-3-15-13(19)9-18-6-4-17(5-7-18)8-12-10-20-11-16-12/h10-11H,1,3-9H2,(H,15,19). The van der Waals surface area contributed by atoms with E-state index in [0.29, 0.717) is 19.5 Å². The Morgan fingerprint density at radius 3 is 2.80 bits per heavy atom. The highest BCUT2D eigenvalue weighted by Crippen LogP contribution is 2.08. The van der Waals surface area contributed by atoms with Crippen LogP contribution in [0.4, 0.5) is 0 Å². The zero-order chi connectivity index (χ0) is 14.2. The lowest BCUT2D eigenvalue weighted by Gasteiger charge is -2.33. The van der Waals surface area contributed by atoms with Crippen molar-refractivity contribution < 1.29 is 4.79 Å². The van der Waals surface area contributed by atoms with Crippen molar-refractivity contribution in [3.8, 4) is 6.07 Å². The topological polar surface area (TPSA) is 72.3 Å². The zero-order valence-corrected chi connectivity index (χ0v) is 12.2. The molecule has 6 nitrogen and oxygen atoms in total. The van der Waals surface area contributed by atoms with Crippen LogP contribution in [0, 0.1) is 11.3 Å². The molecule has 0 radical (unpaired) electrons. The molecular formula is C13H19N5OS. The average Bonchev–Trinajstić information content (AvgIpc) is 2.94. The highest BCUT2D eigenvalue weighted by Gasteiger charge is 2.19. The van der Waals surface area contributed by atoms with Crippen molar-refractivity contribution in [2.75, 3.05) is 39.3 Å². The molecule has 1 aromatic rings. The number of piperazine rings is 1. The Bertz CT molecular complexity index is 448. The van der Waals surface area contributed by atoms with Crippen LogP contribution in [0.1, 0.15) is 12.1 Å². The summed E-state index contributed by atoms with van der Waals surface area (Å²) in [6.07, 6.45) is 0.368. The van der Waals surface area contributed by atoms with Gasteiger partial charge in [-0.15, -0.1) is 11.3 Å². The molecule has 1 fully saturated rings. The number of amides is 1. The molecule has 0 unspecified atom stereocenters. The molecule has 0 spiro atoms. The van der Waals surface area contributed by atoms with E-state index < -0.39 is 0 Å². The molecular weight excluding hydrogens is 274 g/mol. The van der Waals surface area contributed by atoms with Gasteiger partial charge in [0.2, 0.25) is 5.91 Å². The summed E-state index contributed by atoms with van der Waals surface area (Å²) in [7, 11) is 0. The number of carbonyl (C=O) groups is 1. The second kappa shape index (κ2) is 7.94. The number of nitrogens with one attached hydrogen (secondary N) is 1. The number of hydrogen-bond acceptors (Lipinski definition) is 6. The van der Waals surface area contributed by atoms with Crippen molar-refractivity contribution >= 4 is 17.2 Å². The monoisotopic (exact) mass is 293 g/mol. The van der Waals surface area contributed by atoms with Crippen molar-refractivity contribution in [3.05, 3.63) is 16.6 Å². The molecule has 0 aliphatic carbocycles. The van der Waals surface area contributed by atoms with Gasteiger partial charge in [0.25, 0.3) is 0 Å². The van der Waals surface area contributed by atoms with Crippen LogP contribution in [0.3, 0.4) is 0 Å². The number of nitrogens with zero attached hydrogens (tertiary/aromatic N) is 4. The molecule has 1 aliphatic heterocycles. The minimum atomic E-state index is 0.00759. The van der Waals surface area contributed by atoms with E-state index in [1.165, 1.54) is 0 Å². The van der Waals surface area contributed by atoms with Gasteiger partial charge in [-0.25, -0.2) is 4.98 Å². The lowest BCUT2D eigenvalue weighted by atomic mass is 10.3. The summed E-state index contributed by atoms with van der Waals surface area (Å²) < 4.78 is 0. The molecule has 2 rings (SSSR count). The third-order valence-corrected chi connectivity index (χ3v) is 3.90. The summed E-state index contributed by atoms with van der Waals surface area (Å²) >= 11 is 1.62. The first-order valence-electron chi connectivity index (χ1n) is 6.73. The molecule has 1 amide bonds. The average molecular weight is 293 g/mol. The molecule has 0 bridgehead atoms. The molecule has 108 valence electrons. The first-order valence-corrected chi connectivity index (χ1v) is 7.67. The highest BCUT2D eigenvalue weighted by molar-refractivity contribution is 7.07. The summed E-state index contributed by atoms with van der Waals surface area (Å²) in [5.41, 5.74) is 2.98. The van der Waals surface area contributed by atoms with Gasteiger partial charge in [0.1, 0.15) is 0 Å². The highest BCUT2D eigenvalue weighted by atomic mass is 32.1. The van der Waals surface area contributed by atoms with E-state index in [9.17, 15) is 4.79 Å². The van der Waals surface area contributed by atoms with Crippen LogP contribution in [0.15, 0.2) is 10.9 Å². The lowest BCUT2D eigenvalue weighted by molar-refractivity contribution is -0.122. The summed E-state index contributed by atoms with van der Waals surface area (Å²) in [6, 6.07) is 2.01. The maximum absolute atomic E-state index is 11.6. The van der Waals surface area contributed by atoms with Crippen LogP contribution in [0.2, 0.25) is 0 Å². The Morgan fingerprint density at radius 1 is 1.40 bits per heavy atom. The largest absolute Gasteiger partial charge is 0.354 e. The van der Waals surface area contributed by atoms with Crippen molar-refractivity contribution in [1.82, 2.24) is 20.1 Å². The van der Waals surface area contributed by atoms with Crippen LogP contribution in [-0.2, 0) is 11.3 Å². The summed E-state index contributed by atoms with van der Waals surface area (Å²) in [5.74, 6) is 0.00759. The number of thiazole rings is 1. The molecule has 1 aromatic heterocycles. The molecule has 0 saturated carbocycles. The Labute approximate surface area is 123 Å². The number of hydrogen-bond donors (Lipinski definition) is 1. The van der Waals surface area contributed by atoms with E-state index in [-0.39, 0.29) is 5.91 Å². The maximum Gasteiger partial charge on any atom is 0.234 e. The third kappa shape index (κ3) is 4.89. The minimum absolute atomic E-state index is 0.00759. The van der Waals surface area contributed by atoms with E-state index in [4.69, 9.17) is 5.26 Å². The van der Waals surface area contributed by atoms with Crippen LogP contribution in [-0.4, -0.2) is 60.0 Å². The number of aromatic nitrogens is 1. The molecule has 2 heterocycles. The predicted octanol–water partition coefficient (Wildman–Crippen LogP) is 0.291. The van der Waals surface area contributed by atoms with Crippen molar-refractivity contribution in [3.63, 3.8) is 0 Å². The molecule has 1 saturated heterocycles.